The summed E-state index contributed by atoms with van der Waals surface area (Å²) in [7, 11) is 0. The number of unbranched alkanes of at least 4 members (excludes halogenated alkanes) is 1. The van der Waals surface area contributed by atoms with Crippen LogP contribution in [0.1, 0.15) is 26.2 Å². The van der Waals surface area contributed by atoms with Crippen LogP contribution in [0.5, 0.6) is 0 Å². The van der Waals surface area contributed by atoms with E-state index < -0.39 is 0 Å². The predicted molar refractivity (Wildman–Crippen MR) is 64.3 cm³/mol. The van der Waals surface area contributed by atoms with Gasteiger partial charge in [0.25, 0.3) is 0 Å². The van der Waals surface area contributed by atoms with Crippen LogP contribution in [0, 0.1) is 11.3 Å². The van der Waals surface area contributed by atoms with Gasteiger partial charge in [0, 0.05) is 50.6 Å². The molecule has 3 heteroatoms. The molecular formula is C13H24N2O. The third-order valence-corrected chi connectivity index (χ3v) is 4.90. The lowest BCUT2D eigenvalue weighted by Crippen LogP contribution is -2.63. The highest BCUT2D eigenvalue weighted by atomic mass is 16.3. The van der Waals surface area contributed by atoms with E-state index >= 15 is 0 Å². The Morgan fingerprint density at radius 2 is 1.81 bits per heavy atom. The molecule has 0 spiro atoms. The summed E-state index contributed by atoms with van der Waals surface area (Å²) in [5.41, 5.74) is 0.202. The van der Waals surface area contributed by atoms with Crippen molar-refractivity contribution in [3.05, 3.63) is 0 Å². The van der Waals surface area contributed by atoms with Gasteiger partial charge < -0.3 is 14.9 Å². The summed E-state index contributed by atoms with van der Waals surface area (Å²) >= 11 is 0. The van der Waals surface area contributed by atoms with E-state index in [1.165, 1.54) is 32.4 Å². The molecule has 4 rings (SSSR count). The van der Waals surface area contributed by atoms with E-state index in [9.17, 15) is 5.11 Å². The summed E-state index contributed by atoms with van der Waals surface area (Å²) in [6.45, 7) is 9.23. The molecule has 4 fully saturated rings. The minimum Gasteiger partial charge on any atom is -0.392 e. The van der Waals surface area contributed by atoms with Gasteiger partial charge in [0.05, 0.1) is 6.10 Å². The molecule has 4 aliphatic rings. The number of piperidine rings is 2. The first-order valence-electron chi connectivity index (χ1n) is 6.86. The lowest BCUT2D eigenvalue weighted by Gasteiger charge is -2.53. The predicted octanol–water partition coefficient (Wildman–Crippen LogP) is 0.785. The molecule has 92 valence electrons. The van der Waals surface area contributed by atoms with E-state index in [4.69, 9.17) is 0 Å². The van der Waals surface area contributed by atoms with Gasteiger partial charge >= 0.3 is 0 Å². The average Bonchev–Trinajstić information content (AvgIpc) is 2.51. The Hall–Kier alpha value is -0.120. The first kappa shape index (κ1) is 11.0. The van der Waals surface area contributed by atoms with Crippen molar-refractivity contribution in [2.45, 2.75) is 32.3 Å². The monoisotopic (exact) mass is 224 g/mol. The van der Waals surface area contributed by atoms with E-state index in [-0.39, 0.29) is 11.5 Å². The van der Waals surface area contributed by atoms with Crippen molar-refractivity contribution in [1.82, 2.24) is 9.80 Å². The normalized spacial score (nSPS) is 50.6. The SMILES string of the molecule is CCCCC12CN3CCN(CC(C3)[C@H]1O)C2. The summed E-state index contributed by atoms with van der Waals surface area (Å²) in [5.74, 6) is 0.516. The number of hydrogen-bond donors (Lipinski definition) is 1. The zero-order valence-electron chi connectivity index (χ0n) is 10.4. The van der Waals surface area contributed by atoms with Gasteiger partial charge in [-0.1, -0.05) is 19.8 Å². The van der Waals surface area contributed by atoms with Gasteiger partial charge in [-0.05, 0) is 6.42 Å². The highest BCUT2D eigenvalue weighted by Crippen LogP contribution is 2.43. The van der Waals surface area contributed by atoms with Gasteiger partial charge in [-0.3, -0.25) is 0 Å². The van der Waals surface area contributed by atoms with Crippen LogP contribution in [0.2, 0.25) is 0 Å². The second-order valence-electron chi connectivity index (χ2n) is 6.14. The molecule has 16 heavy (non-hydrogen) atoms. The summed E-state index contributed by atoms with van der Waals surface area (Å²) in [5, 5.41) is 10.6. The Balaban J connectivity index is 1.85. The van der Waals surface area contributed by atoms with Gasteiger partial charge in [0.1, 0.15) is 0 Å². The van der Waals surface area contributed by atoms with Crippen molar-refractivity contribution in [2.24, 2.45) is 11.3 Å². The molecule has 0 saturated carbocycles. The van der Waals surface area contributed by atoms with Crippen LogP contribution in [-0.4, -0.2) is 60.3 Å². The van der Waals surface area contributed by atoms with Crippen LogP contribution in [0.4, 0.5) is 0 Å². The number of nitrogens with zero attached hydrogens (tertiary/aromatic N) is 2. The van der Waals surface area contributed by atoms with Crippen LogP contribution in [-0.2, 0) is 0 Å². The molecule has 4 heterocycles. The van der Waals surface area contributed by atoms with E-state index in [2.05, 4.69) is 16.7 Å². The lowest BCUT2D eigenvalue weighted by atomic mass is 9.67. The molecule has 0 radical (unpaired) electrons. The Morgan fingerprint density at radius 3 is 2.38 bits per heavy atom. The van der Waals surface area contributed by atoms with Crippen molar-refractivity contribution >= 4 is 0 Å². The molecule has 1 N–H and O–H groups in total. The minimum atomic E-state index is -0.0374. The molecule has 4 bridgehead atoms. The first-order valence-corrected chi connectivity index (χ1v) is 6.86. The largest absolute Gasteiger partial charge is 0.392 e. The van der Waals surface area contributed by atoms with Crippen molar-refractivity contribution in [3.8, 4) is 0 Å². The van der Waals surface area contributed by atoms with Crippen molar-refractivity contribution < 1.29 is 5.11 Å². The molecule has 4 saturated heterocycles. The molecule has 0 aromatic carbocycles. The molecule has 0 aromatic heterocycles. The van der Waals surface area contributed by atoms with Crippen LogP contribution in [0.25, 0.3) is 0 Å². The van der Waals surface area contributed by atoms with E-state index in [1.807, 2.05) is 0 Å². The summed E-state index contributed by atoms with van der Waals surface area (Å²) in [4.78, 5) is 5.19. The van der Waals surface area contributed by atoms with Crippen LogP contribution >= 0.6 is 0 Å². The quantitative estimate of drug-likeness (QED) is 0.767. The minimum absolute atomic E-state index is 0.0374. The zero-order chi connectivity index (χ0) is 11.2. The molecular weight excluding hydrogens is 200 g/mol. The standard InChI is InChI=1S/C13H24N2O/c1-2-3-4-13-9-14-5-6-15(10-13)8-11(7-14)12(13)16/h11-12,16H,2-10H2,1H3/t11?,12-,13?/m1/s1. The van der Waals surface area contributed by atoms with Crippen molar-refractivity contribution in [3.63, 3.8) is 0 Å². The van der Waals surface area contributed by atoms with Gasteiger partial charge in [-0.2, -0.15) is 0 Å². The number of rotatable bonds is 3. The van der Waals surface area contributed by atoms with E-state index in [1.54, 1.807) is 0 Å². The zero-order valence-corrected chi connectivity index (χ0v) is 10.4. The van der Waals surface area contributed by atoms with Crippen molar-refractivity contribution in [1.29, 1.82) is 0 Å². The Labute approximate surface area is 98.4 Å². The van der Waals surface area contributed by atoms with Gasteiger partial charge in [-0.15, -0.1) is 0 Å². The maximum absolute atomic E-state index is 10.6. The fourth-order valence-corrected chi connectivity index (χ4v) is 4.14. The average molecular weight is 224 g/mol. The highest BCUT2D eigenvalue weighted by Gasteiger charge is 2.52. The summed E-state index contributed by atoms with van der Waals surface area (Å²) < 4.78 is 0. The Bertz CT molecular complexity index is 253. The third-order valence-electron chi connectivity index (χ3n) is 4.90. The number of hydrogen-bond acceptors (Lipinski definition) is 3. The molecule has 3 nitrogen and oxygen atoms in total. The topological polar surface area (TPSA) is 26.7 Å². The highest BCUT2D eigenvalue weighted by molar-refractivity contribution is 5.05. The van der Waals surface area contributed by atoms with E-state index in [0.717, 1.165) is 26.2 Å². The maximum atomic E-state index is 10.6. The van der Waals surface area contributed by atoms with Crippen molar-refractivity contribution in [2.75, 3.05) is 39.3 Å². The summed E-state index contributed by atoms with van der Waals surface area (Å²) in [6, 6.07) is 0. The number of fused-ring (bicyclic) bond motifs is 1. The second-order valence-corrected chi connectivity index (χ2v) is 6.14. The molecule has 0 aromatic rings. The molecule has 0 aliphatic carbocycles. The Kier molecular flexibility index (Phi) is 2.73. The number of aliphatic hydroxyl groups is 1. The maximum Gasteiger partial charge on any atom is 0.0673 e. The van der Waals surface area contributed by atoms with Crippen LogP contribution in [0.15, 0.2) is 0 Å². The Morgan fingerprint density at radius 1 is 1.19 bits per heavy atom. The first-order chi connectivity index (χ1) is 7.73. The van der Waals surface area contributed by atoms with Crippen LogP contribution < -0.4 is 0 Å². The van der Waals surface area contributed by atoms with Gasteiger partial charge in [-0.25, -0.2) is 0 Å². The second kappa shape index (κ2) is 3.97. The fourth-order valence-electron chi connectivity index (χ4n) is 4.14. The third kappa shape index (κ3) is 1.60. The van der Waals surface area contributed by atoms with Crippen LogP contribution in [0.3, 0.4) is 0 Å². The molecule has 0 amide bonds. The smallest absolute Gasteiger partial charge is 0.0673 e. The molecule has 3 atom stereocenters. The summed E-state index contributed by atoms with van der Waals surface area (Å²) in [6.07, 6.45) is 3.70. The van der Waals surface area contributed by atoms with E-state index in [0.29, 0.717) is 5.92 Å². The number of aliphatic hydroxyl groups excluding tert-OH is 1. The fraction of sp³-hybridized carbons (Fsp3) is 1.00. The lowest BCUT2D eigenvalue weighted by molar-refractivity contribution is -0.120. The molecule has 4 aliphatic heterocycles. The van der Waals surface area contributed by atoms with Gasteiger partial charge in [0.15, 0.2) is 0 Å². The van der Waals surface area contributed by atoms with Gasteiger partial charge in [0.2, 0.25) is 0 Å². The molecule has 2 unspecified atom stereocenters.